The van der Waals surface area contributed by atoms with E-state index in [4.69, 9.17) is 5.73 Å². The molecule has 0 spiro atoms. The third kappa shape index (κ3) is 3.07. The Bertz CT molecular complexity index is 684. The summed E-state index contributed by atoms with van der Waals surface area (Å²) < 4.78 is 1.83. The molecule has 1 aromatic heterocycles. The van der Waals surface area contributed by atoms with Gasteiger partial charge < -0.3 is 11.1 Å². The Hall–Kier alpha value is -2.30. The molecule has 3 N–H and O–H groups in total. The molecular formula is C16H21N5. The van der Waals surface area contributed by atoms with Crippen LogP contribution in [0.15, 0.2) is 29.3 Å². The van der Waals surface area contributed by atoms with E-state index < -0.39 is 0 Å². The second-order valence-corrected chi connectivity index (χ2v) is 5.56. The summed E-state index contributed by atoms with van der Waals surface area (Å²) in [5.41, 5.74) is 11.9. The van der Waals surface area contributed by atoms with Crippen LogP contribution >= 0.6 is 0 Å². The molecule has 3 rings (SSSR count). The van der Waals surface area contributed by atoms with Crippen LogP contribution in [0.5, 0.6) is 0 Å². The first-order chi connectivity index (χ1) is 10.1. The van der Waals surface area contributed by atoms with Gasteiger partial charge in [0.2, 0.25) is 0 Å². The molecule has 0 atom stereocenters. The average molecular weight is 283 g/mol. The number of nitrogens with one attached hydrogen (secondary N) is 1. The lowest BCUT2D eigenvalue weighted by Gasteiger charge is -2.08. The van der Waals surface area contributed by atoms with Gasteiger partial charge in [-0.2, -0.15) is 5.10 Å². The maximum atomic E-state index is 5.96. The van der Waals surface area contributed by atoms with E-state index in [1.165, 1.54) is 24.0 Å². The van der Waals surface area contributed by atoms with Crippen molar-refractivity contribution in [3.8, 4) is 0 Å². The number of aryl methyl sites for hydroxylation is 4. The summed E-state index contributed by atoms with van der Waals surface area (Å²) in [5.74, 6) is 0.437. The molecule has 5 heteroatoms. The van der Waals surface area contributed by atoms with Gasteiger partial charge in [0.05, 0.1) is 17.9 Å². The van der Waals surface area contributed by atoms with Crippen LogP contribution in [0.2, 0.25) is 0 Å². The Morgan fingerprint density at radius 2 is 2.14 bits per heavy atom. The van der Waals surface area contributed by atoms with Gasteiger partial charge in [0, 0.05) is 12.7 Å². The van der Waals surface area contributed by atoms with Gasteiger partial charge >= 0.3 is 0 Å². The molecule has 0 unspecified atom stereocenters. The van der Waals surface area contributed by atoms with Gasteiger partial charge in [-0.1, -0.05) is 6.07 Å². The van der Waals surface area contributed by atoms with Crippen molar-refractivity contribution in [1.29, 1.82) is 0 Å². The van der Waals surface area contributed by atoms with E-state index in [0.717, 1.165) is 23.5 Å². The van der Waals surface area contributed by atoms with Crippen molar-refractivity contribution in [3.63, 3.8) is 0 Å². The van der Waals surface area contributed by atoms with Crippen LogP contribution in [0.25, 0.3) is 0 Å². The Labute approximate surface area is 124 Å². The van der Waals surface area contributed by atoms with Crippen molar-refractivity contribution in [2.24, 2.45) is 17.8 Å². The maximum Gasteiger partial charge on any atom is 0.193 e. The van der Waals surface area contributed by atoms with Crippen molar-refractivity contribution < 1.29 is 0 Å². The number of hydrogen-bond acceptors (Lipinski definition) is 2. The zero-order valence-corrected chi connectivity index (χ0v) is 12.6. The van der Waals surface area contributed by atoms with E-state index in [-0.39, 0.29) is 0 Å². The number of fused-ring (bicyclic) bond motifs is 1. The first-order valence-electron chi connectivity index (χ1n) is 7.30. The Morgan fingerprint density at radius 1 is 1.33 bits per heavy atom. The fraction of sp³-hybridized carbons (Fsp3) is 0.375. The molecular weight excluding hydrogens is 262 g/mol. The topological polar surface area (TPSA) is 68.2 Å². The van der Waals surface area contributed by atoms with Crippen LogP contribution in [-0.4, -0.2) is 15.7 Å². The number of nitrogens with two attached hydrogens (primary N) is 1. The summed E-state index contributed by atoms with van der Waals surface area (Å²) in [4.78, 5) is 4.38. The van der Waals surface area contributed by atoms with E-state index >= 15 is 0 Å². The van der Waals surface area contributed by atoms with Crippen molar-refractivity contribution in [2.75, 3.05) is 5.32 Å². The molecule has 2 aromatic rings. The van der Waals surface area contributed by atoms with Crippen LogP contribution in [0.4, 0.5) is 5.69 Å². The van der Waals surface area contributed by atoms with Crippen molar-refractivity contribution >= 4 is 11.6 Å². The van der Waals surface area contributed by atoms with E-state index in [9.17, 15) is 0 Å². The third-order valence-corrected chi connectivity index (χ3v) is 3.88. The number of guanidine groups is 1. The zero-order chi connectivity index (χ0) is 14.8. The smallest absolute Gasteiger partial charge is 0.193 e. The van der Waals surface area contributed by atoms with Crippen molar-refractivity contribution in [3.05, 3.63) is 46.8 Å². The molecule has 21 heavy (non-hydrogen) atoms. The first kappa shape index (κ1) is 13.7. The second kappa shape index (κ2) is 5.60. The minimum atomic E-state index is 0.437. The van der Waals surface area contributed by atoms with Gasteiger partial charge in [-0.25, -0.2) is 4.99 Å². The minimum Gasteiger partial charge on any atom is -0.370 e. The SMILES string of the molecule is Cc1cc(CN=C(N)Nc2ccc3c(c2)CCC3)n(C)n1. The van der Waals surface area contributed by atoms with E-state index in [0.29, 0.717) is 12.5 Å². The highest BCUT2D eigenvalue weighted by atomic mass is 15.3. The summed E-state index contributed by atoms with van der Waals surface area (Å²) in [7, 11) is 1.92. The summed E-state index contributed by atoms with van der Waals surface area (Å²) in [6.45, 7) is 2.50. The molecule has 110 valence electrons. The average Bonchev–Trinajstić information content (AvgIpc) is 3.02. The zero-order valence-electron chi connectivity index (χ0n) is 12.6. The van der Waals surface area contributed by atoms with Gasteiger partial charge in [0.15, 0.2) is 5.96 Å². The van der Waals surface area contributed by atoms with Crippen molar-refractivity contribution in [1.82, 2.24) is 9.78 Å². The van der Waals surface area contributed by atoms with Crippen LogP contribution in [0.1, 0.15) is 28.9 Å². The van der Waals surface area contributed by atoms with Gasteiger partial charge in [-0.15, -0.1) is 0 Å². The molecule has 0 bridgehead atoms. The van der Waals surface area contributed by atoms with Gasteiger partial charge in [-0.05, 0) is 55.5 Å². The lowest BCUT2D eigenvalue weighted by atomic mass is 10.1. The third-order valence-electron chi connectivity index (χ3n) is 3.88. The normalized spacial score (nSPS) is 14.3. The number of rotatable bonds is 3. The highest BCUT2D eigenvalue weighted by Gasteiger charge is 2.10. The molecule has 0 saturated heterocycles. The first-order valence-corrected chi connectivity index (χ1v) is 7.30. The maximum absolute atomic E-state index is 5.96. The lowest BCUT2D eigenvalue weighted by Crippen LogP contribution is -2.22. The number of aromatic nitrogens is 2. The predicted octanol–water partition coefficient (Wildman–Crippen LogP) is 2.14. The summed E-state index contributed by atoms with van der Waals surface area (Å²) in [6.07, 6.45) is 3.61. The summed E-state index contributed by atoms with van der Waals surface area (Å²) >= 11 is 0. The van der Waals surface area contributed by atoms with Crippen LogP contribution in [0, 0.1) is 6.92 Å². The van der Waals surface area contributed by atoms with Gasteiger partial charge in [0.25, 0.3) is 0 Å². The van der Waals surface area contributed by atoms with Gasteiger partial charge in [0.1, 0.15) is 0 Å². The lowest BCUT2D eigenvalue weighted by molar-refractivity contribution is 0.706. The molecule has 1 heterocycles. The molecule has 0 amide bonds. The molecule has 0 radical (unpaired) electrons. The Kier molecular flexibility index (Phi) is 3.64. The largest absolute Gasteiger partial charge is 0.370 e. The van der Waals surface area contributed by atoms with Crippen molar-refractivity contribution in [2.45, 2.75) is 32.7 Å². The quantitative estimate of drug-likeness (QED) is 0.670. The number of benzene rings is 1. The second-order valence-electron chi connectivity index (χ2n) is 5.56. The predicted molar refractivity (Wildman–Crippen MR) is 85.4 cm³/mol. The highest BCUT2D eigenvalue weighted by molar-refractivity contribution is 5.92. The van der Waals surface area contributed by atoms with E-state index in [1.54, 1.807) is 0 Å². The van der Waals surface area contributed by atoms with E-state index in [1.807, 2.05) is 24.7 Å². The fourth-order valence-corrected chi connectivity index (χ4v) is 2.82. The fourth-order valence-electron chi connectivity index (χ4n) is 2.82. The molecule has 0 aliphatic heterocycles. The summed E-state index contributed by atoms with van der Waals surface area (Å²) in [6, 6.07) is 8.45. The monoisotopic (exact) mass is 283 g/mol. The molecule has 1 aromatic carbocycles. The molecule has 0 saturated carbocycles. The molecule has 1 aliphatic rings. The number of hydrogen-bond donors (Lipinski definition) is 2. The minimum absolute atomic E-state index is 0.437. The Morgan fingerprint density at radius 3 is 2.90 bits per heavy atom. The van der Waals surface area contributed by atoms with Crippen LogP contribution in [-0.2, 0) is 26.4 Å². The molecule has 5 nitrogen and oxygen atoms in total. The highest BCUT2D eigenvalue weighted by Crippen LogP contribution is 2.24. The number of nitrogens with zero attached hydrogens (tertiary/aromatic N) is 3. The Balaban J connectivity index is 1.67. The van der Waals surface area contributed by atoms with Gasteiger partial charge in [-0.3, -0.25) is 4.68 Å². The number of anilines is 1. The van der Waals surface area contributed by atoms with Crippen LogP contribution in [0.3, 0.4) is 0 Å². The van der Waals surface area contributed by atoms with E-state index in [2.05, 4.69) is 33.6 Å². The number of aliphatic imine (C=N–C) groups is 1. The standard InChI is InChI=1S/C16H21N5/c1-11-8-15(21(2)20-11)10-18-16(17)19-14-7-6-12-4-3-5-13(12)9-14/h6-9H,3-5,10H2,1-2H3,(H3,17,18,19). The summed E-state index contributed by atoms with van der Waals surface area (Å²) in [5, 5.41) is 7.46. The molecule has 0 fully saturated rings. The van der Waals surface area contributed by atoms with Crippen LogP contribution < -0.4 is 11.1 Å². The molecule has 1 aliphatic carbocycles.